The van der Waals surface area contributed by atoms with E-state index in [4.69, 9.17) is 0 Å². The Balaban J connectivity index is 1.70. The van der Waals surface area contributed by atoms with Crippen LogP contribution in [0.15, 0.2) is 0 Å². The van der Waals surface area contributed by atoms with Gasteiger partial charge in [-0.25, -0.2) is 0 Å². The average Bonchev–Trinajstić information content (AvgIpc) is 2.85. The van der Waals surface area contributed by atoms with Crippen molar-refractivity contribution in [1.29, 1.82) is 0 Å². The quantitative estimate of drug-likeness (QED) is 0.646. The largest absolute Gasteiger partial charge is 0.393 e. The van der Waals surface area contributed by atoms with Gasteiger partial charge in [0.05, 0.1) is 6.10 Å². The van der Waals surface area contributed by atoms with Crippen molar-refractivity contribution < 1.29 is 5.11 Å². The lowest BCUT2D eigenvalue weighted by atomic mass is 9.42. The molecule has 1 nitrogen and oxygen atoms in total. The Morgan fingerprint density at radius 3 is 2.41 bits per heavy atom. The molecule has 22 heavy (non-hydrogen) atoms. The maximum absolute atomic E-state index is 11.0. The van der Waals surface area contributed by atoms with E-state index in [9.17, 15) is 5.11 Å². The maximum Gasteiger partial charge on any atom is 0.0599 e. The van der Waals surface area contributed by atoms with E-state index >= 15 is 0 Å². The molecule has 0 bridgehead atoms. The van der Waals surface area contributed by atoms with E-state index in [-0.39, 0.29) is 11.5 Å². The molecule has 4 rings (SSSR count). The molecule has 0 radical (unpaired) electrons. The first kappa shape index (κ1) is 15.5. The second kappa shape index (κ2) is 4.98. The van der Waals surface area contributed by atoms with E-state index < -0.39 is 0 Å². The Morgan fingerprint density at radius 2 is 1.64 bits per heavy atom. The zero-order valence-corrected chi connectivity index (χ0v) is 15.1. The van der Waals surface area contributed by atoms with Gasteiger partial charge in [-0.05, 0) is 84.9 Å². The summed E-state index contributed by atoms with van der Waals surface area (Å²) in [6, 6.07) is 0. The number of aliphatic hydroxyl groups excluding tert-OH is 1. The molecule has 0 spiro atoms. The average molecular weight is 305 g/mol. The van der Waals surface area contributed by atoms with Gasteiger partial charge in [0.25, 0.3) is 0 Å². The van der Waals surface area contributed by atoms with Crippen molar-refractivity contribution in [2.24, 2.45) is 46.3 Å². The molecular weight excluding hydrogens is 268 g/mol. The zero-order chi connectivity index (χ0) is 15.7. The topological polar surface area (TPSA) is 20.2 Å². The van der Waals surface area contributed by atoms with Crippen LogP contribution in [-0.2, 0) is 0 Å². The second-order valence-corrected chi connectivity index (χ2v) is 10.2. The molecule has 4 aliphatic carbocycles. The van der Waals surface area contributed by atoms with Crippen LogP contribution in [0.3, 0.4) is 0 Å². The van der Waals surface area contributed by atoms with Gasteiger partial charge < -0.3 is 5.11 Å². The Bertz CT molecular complexity index is 445. The van der Waals surface area contributed by atoms with Gasteiger partial charge in [-0.1, -0.05) is 40.5 Å². The molecule has 0 saturated heterocycles. The third kappa shape index (κ3) is 1.93. The van der Waals surface area contributed by atoms with Crippen molar-refractivity contribution in [3.05, 3.63) is 0 Å². The van der Waals surface area contributed by atoms with Crippen molar-refractivity contribution in [1.82, 2.24) is 0 Å². The van der Waals surface area contributed by atoms with Crippen LogP contribution in [0.5, 0.6) is 0 Å². The lowest BCUT2D eigenvalue weighted by Crippen LogP contribution is -2.58. The first-order valence-corrected chi connectivity index (χ1v) is 10.0. The minimum absolute atomic E-state index is 0.0385. The monoisotopic (exact) mass is 304 g/mol. The molecule has 4 fully saturated rings. The van der Waals surface area contributed by atoms with Crippen LogP contribution in [0.2, 0.25) is 0 Å². The number of hydrogen-bond donors (Lipinski definition) is 1. The van der Waals surface area contributed by atoms with Crippen molar-refractivity contribution in [2.75, 3.05) is 0 Å². The van der Waals surface area contributed by atoms with E-state index in [2.05, 4.69) is 27.7 Å². The van der Waals surface area contributed by atoms with Crippen LogP contribution < -0.4 is 0 Å². The summed E-state index contributed by atoms with van der Waals surface area (Å²) in [6.45, 7) is 10.0. The fraction of sp³-hybridized carbons (Fsp3) is 1.00. The minimum Gasteiger partial charge on any atom is -0.393 e. The Morgan fingerprint density at radius 1 is 0.864 bits per heavy atom. The van der Waals surface area contributed by atoms with Gasteiger partial charge >= 0.3 is 0 Å². The van der Waals surface area contributed by atoms with Crippen LogP contribution in [-0.4, -0.2) is 11.2 Å². The molecule has 0 heterocycles. The summed E-state index contributed by atoms with van der Waals surface area (Å²) in [7, 11) is 0. The third-order valence-electron chi connectivity index (χ3n) is 9.20. The molecule has 9 atom stereocenters. The summed E-state index contributed by atoms with van der Waals surface area (Å²) in [4.78, 5) is 0. The molecule has 0 aromatic carbocycles. The van der Waals surface area contributed by atoms with Crippen LogP contribution in [0.25, 0.3) is 0 Å². The smallest absolute Gasteiger partial charge is 0.0599 e. The summed E-state index contributed by atoms with van der Waals surface area (Å²) in [5, 5.41) is 11.0. The van der Waals surface area contributed by atoms with E-state index in [1.807, 2.05) is 0 Å². The van der Waals surface area contributed by atoms with Crippen LogP contribution >= 0.6 is 0 Å². The SMILES string of the molecule is CC1CCC2(C)C(C1)CC(C)C1C3CCCC3(C)C(O)CC12. The summed E-state index contributed by atoms with van der Waals surface area (Å²) >= 11 is 0. The summed E-state index contributed by atoms with van der Waals surface area (Å²) in [5.41, 5.74) is 0.759. The van der Waals surface area contributed by atoms with Crippen molar-refractivity contribution in [3.63, 3.8) is 0 Å². The highest BCUT2D eigenvalue weighted by molar-refractivity contribution is 5.11. The molecule has 4 aliphatic rings. The van der Waals surface area contributed by atoms with E-state index in [0.717, 1.165) is 41.9 Å². The maximum atomic E-state index is 11.0. The second-order valence-electron chi connectivity index (χ2n) is 10.2. The van der Waals surface area contributed by atoms with Crippen molar-refractivity contribution >= 4 is 0 Å². The lowest BCUT2D eigenvalue weighted by Gasteiger charge is -2.63. The Labute approximate surface area is 137 Å². The van der Waals surface area contributed by atoms with E-state index in [0.29, 0.717) is 5.41 Å². The summed E-state index contributed by atoms with van der Waals surface area (Å²) in [6.07, 6.45) is 10.8. The van der Waals surface area contributed by atoms with Crippen molar-refractivity contribution in [2.45, 2.75) is 85.2 Å². The molecule has 0 aromatic heterocycles. The predicted molar refractivity (Wildman–Crippen MR) is 91.4 cm³/mol. The number of fused-ring (bicyclic) bond motifs is 5. The van der Waals surface area contributed by atoms with Crippen LogP contribution in [0.4, 0.5) is 0 Å². The molecule has 1 N–H and O–H groups in total. The van der Waals surface area contributed by atoms with E-state index in [1.54, 1.807) is 0 Å². The lowest BCUT2D eigenvalue weighted by molar-refractivity contribution is -0.173. The Hall–Kier alpha value is -0.0400. The number of hydrogen-bond acceptors (Lipinski definition) is 1. The highest BCUT2D eigenvalue weighted by Gasteiger charge is 2.62. The minimum atomic E-state index is -0.0385. The summed E-state index contributed by atoms with van der Waals surface area (Å²) < 4.78 is 0. The van der Waals surface area contributed by atoms with Gasteiger partial charge in [0.2, 0.25) is 0 Å². The van der Waals surface area contributed by atoms with Gasteiger partial charge in [0.15, 0.2) is 0 Å². The fourth-order valence-corrected chi connectivity index (χ4v) is 7.81. The molecule has 9 unspecified atom stereocenters. The van der Waals surface area contributed by atoms with Crippen molar-refractivity contribution in [3.8, 4) is 0 Å². The standard InChI is InChI=1S/C21H36O/c1-13-7-9-20(3)15(10-13)11-14(2)19-16-6-5-8-21(16,4)18(22)12-17(19)20/h13-19,22H,5-12H2,1-4H3. The van der Waals surface area contributed by atoms with Crippen LogP contribution in [0, 0.1) is 46.3 Å². The highest BCUT2D eigenvalue weighted by atomic mass is 16.3. The zero-order valence-electron chi connectivity index (χ0n) is 15.1. The molecular formula is C21H36O. The number of aliphatic hydroxyl groups is 1. The fourth-order valence-electron chi connectivity index (χ4n) is 7.81. The molecule has 4 saturated carbocycles. The highest BCUT2D eigenvalue weighted by Crippen LogP contribution is 2.67. The first-order valence-electron chi connectivity index (χ1n) is 10.0. The van der Waals surface area contributed by atoms with Gasteiger partial charge in [-0.2, -0.15) is 0 Å². The summed E-state index contributed by atoms with van der Waals surface area (Å²) in [5.74, 6) is 5.21. The van der Waals surface area contributed by atoms with Gasteiger partial charge in [0.1, 0.15) is 0 Å². The first-order chi connectivity index (χ1) is 10.4. The molecule has 0 amide bonds. The third-order valence-corrected chi connectivity index (χ3v) is 9.20. The van der Waals surface area contributed by atoms with E-state index in [1.165, 1.54) is 44.9 Å². The Kier molecular flexibility index (Phi) is 3.50. The molecule has 126 valence electrons. The number of rotatable bonds is 0. The van der Waals surface area contributed by atoms with Gasteiger partial charge in [-0.3, -0.25) is 0 Å². The normalized spacial score (nSPS) is 61.2. The van der Waals surface area contributed by atoms with Gasteiger partial charge in [0, 0.05) is 0 Å². The van der Waals surface area contributed by atoms with Crippen LogP contribution in [0.1, 0.15) is 79.1 Å². The molecule has 0 aromatic rings. The molecule has 1 heteroatoms. The predicted octanol–water partition coefficient (Wildman–Crippen LogP) is 5.27. The molecule has 0 aliphatic heterocycles. The van der Waals surface area contributed by atoms with Gasteiger partial charge in [-0.15, -0.1) is 0 Å².